The second-order valence-electron chi connectivity index (χ2n) is 7.13. The zero-order valence-corrected chi connectivity index (χ0v) is 14.5. The van der Waals surface area contributed by atoms with Crippen LogP contribution in [-0.4, -0.2) is 32.0 Å². The summed E-state index contributed by atoms with van der Waals surface area (Å²) in [5, 5.41) is 8.83. The van der Waals surface area contributed by atoms with Crippen molar-refractivity contribution < 1.29 is 4.79 Å². The molecule has 1 unspecified atom stereocenters. The third kappa shape index (κ3) is 2.44. The molecule has 1 amide bonds. The average Bonchev–Trinajstić information content (AvgIpc) is 3.31. The van der Waals surface area contributed by atoms with Gasteiger partial charge >= 0.3 is 0 Å². The Balaban J connectivity index is 1.52. The highest BCUT2D eigenvalue weighted by molar-refractivity contribution is 6.05. The molecule has 6 heteroatoms. The van der Waals surface area contributed by atoms with Crippen LogP contribution >= 0.6 is 0 Å². The molecule has 5 rings (SSSR count). The van der Waals surface area contributed by atoms with Gasteiger partial charge in [0.25, 0.3) is 5.91 Å². The van der Waals surface area contributed by atoms with Crippen molar-refractivity contribution in [1.82, 2.24) is 19.6 Å². The molecular weight excluding hydrogens is 326 g/mol. The van der Waals surface area contributed by atoms with E-state index in [1.807, 2.05) is 50.8 Å². The van der Waals surface area contributed by atoms with Crippen LogP contribution in [0.4, 0.5) is 5.69 Å². The molecule has 0 spiro atoms. The second kappa shape index (κ2) is 6.12. The molecule has 0 N–H and O–H groups in total. The smallest absolute Gasteiger partial charge is 0.276 e. The first-order valence-corrected chi connectivity index (χ1v) is 9.23. The Morgan fingerprint density at radius 2 is 1.88 bits per heavy atom. The lowest BCUT2D eigenvalue weighted by atomic mass is 9.93. The van der Waals surface area contributed by atoms with Crippen LogP contribution in [0.3, 0.4) is 0 Å². The van der Waals surface area contributed by atoms with Crippen LogP contribution in [0.2, 0.25) is 0 Å². The zero-order chi connectivity index (χ0) is 17.5. The number of nitrogens with zero attached hydrogens (tertiary/aromatic N) is 5. The molecule has 3 heterocycles. The molecule has 1 aliphatic carbocycles. The first-order valence-electron chi connectivity index (χ1n) is 9.23. The number of carbonyl (C=O) groups excluding carboxylic acids is 1. The van der Waals surface area contributed by atoms with Gasteiger partial charge in [-0.3, -0.25) is 14.2 Å². The number of fused-ring (bicyclic) bond motifs is 1. The minimum Gasteiger partial charge on any atom is -0.305 e. The molecule has 2 aliphatic rings. The van der Waals surface area contributed by atoms with Gasteiger partial charge in [0.15, 0.2) is 0 Å². The van der Waals surface area contributed by atoms with Crippen LogP contribution in [0, 0.1) is 0 Å². The summed E-state index contributed by atoms with van der Waals surface area (Å²) < 4.78 is 3.88. The van der Waals surface area contributed by atoms with Crippen LogP contribution in [0.15, 0.2) is 55.0 Å². The number of hydrogen-bond donors (Lipinski definition) is 0. The number of carbonyl (C=O) groups is 1. The number of anilines is 1. The van der Waals surface area contributed by atoms with E-state index in [0.29, 0.717) is 18.3 Å². The summed E-state index contributed by atoms with van der Waals surface area (Å²) in [4.78, 5) is 15.3. The van der Waals surface area contributed by atoms with Gasteiger partial charge in [0.05, 0.1) is 12.1 Å². The molecule has 3 aromatic rings. The molecule has 1 atom stereocenters. The molecular formula is C20H21N5O. The van der Waals surface area contributed by atoms with Crippen molar-refractivity contribution in [1.29, 1.82) is 0 Å². The summed E-state index contributed by atoms with van der Waals surface area (Å²) in [5.74, 6) is 0.0266. The third-order valence-corrected chi connectivity index (χ3v) is 5.59. The monoisotopic (exact) mass is 347 g/mol. The van der Waals surface area contributed by atoms with E-state index in [1.54, 1.807) is 12.4 Å². The van der Waals surface area contributed by atoms with Gasteiger partial charge in [-0.25, -0.2) is 0 Å². The minimum atomic E-state index is 0.0266. The molecule has 26 heavy (non-hydrogen) atoms. The van der Waals surface area contributed by atoms with Crippen LogP contribution in [0.25, 0.3) is 0 Å². The van der Waals surface area contributed by atoms with E-state index in [-0.39, 0.29) is 11.9 Å². The molecule has 1 fully saturated rings. The highest BCUT2D eigenvalue weighted by atomic mass is 16.2. The molecule has 2 aromatic heterocycles. The molecule has 0 radical (unpaired) electrons. The number of hydrogen-bond acceptors (Lipinski definition) is 3. The fourth-order valence-electron chi connectivity index (χ4n) is 3.98. The Morgan fingerprint density at radius 1 is 1.00 bits per heavy atom. The SMILES string of the molecule is O=C(c1ccnn1C1CCC1)N1CC(n2cccn2)Cc2ccccc21. The molecule has 1 aromatic carbocycles. The Morgan fingerprint density at radius 3 is 2.65 bits per heavy atom. The van der Waals surface area contributed by atoms with E-state index < -0.39 is 0 Å². The number of benzene rings is 1. The van der Waals surface area contributed by atoms with Crippen molar-refractivity contribution in [3.8, 4) is 0 Å². The zero-order valence-electron chi connectivity index (χ0n) is 14.5. The second-order valence-corrected chi connectivity index (χ2v) is 7.13. The molecule has 132 valence electrons. The van der Waals surface area contributed by atoms with Gasteiger partial charge in [-0.2, -0.15) is 10.2 Å². The van der Waals surface area contributed by atoms with Crippen molar-refractivity contribution >= 4 is 11.6 Å². The van der Waals surface area contributed by atoms with Crippen molar-refractivity contribution in [2.45, 2.75) is 37.8 Å². The first-order chi connectivity index (χ1) is 12.8. The first kappa shape index (κ1) is 15.4. The van der Waals surface area contributed by atoms with Gasteiger partial charge in [-0.1, -0.05) is 18.2 Å². The van der Waals surface area contributed by atoms with E-state index in [2.05, 4.69) is 16.3 Å². The lowest BCUT2D eigenvalue weighted by Gasteiger charge is -2.35. The lowest BCUT2D eigenvalue weighted by Crippen LogP contribution is -2.42. The summed E-state index contributed by atoms with van der Waals surface area (Å²) in [6, 6.07) is 12.5. The molecule has 0 saturated heterocycles. The average molecular weight is 347 g/mol. The normalized spacial score (nSPS) is 19.8. The standard InChI is InChI=1S/C20H21N5O/c26-20(19-9-11-22-25(19)16-6-3-7-16)23-14-17(24-12-4-10-21-24)13-15-5-1-2-8-18(15)23/h1-2,4-5,8-12,16-17H,3,6-7,13-14H2. The van der Waals surface area contributed by atoms with Gasteiger partial charge in [0.2, 0.25) is 0 Å². The Hall–Kier alpha value is -2.89. The largest absolute Gasteiger partial charge is 0.305 e. The summed E-state index contributed by atoms with van der Waals surface area (Å²) >= 11 is 0. The third-order valence-electron chi connectivity index (χ3n) is 5.59. The van der Waals surface area contributed by atoms with Crippen LogP contribution in [0.1, 0.15) is 47.4 Å². The highest BCUT2D eigenvalue weighted by Gasteiger charge is 2.33. The van der Waals surface area contributed by atoms with Crippen molar-refractivity contribution in [3.63, 3.8) is 0 Å². The van der Waals surface area contributed by atoms with E-state index >= 15 is 0 Å². The van der Waals surface area contributed by atoms with Crippen molar-refractivity contribution in [2.24, 2.45) is 0 Å². The Labute approximate surface area is 152 Å². The van der Waals surface area contributed by atoms with Gasteiger partial charge in [-0.05, 0) is 49.4 Å². The molecule has 0 bridgehead atoms. The van der Waals surface area contributed by atoms with E-state index in [0.717, 1.165) is 24.9 Å². The molecule has 1 aliphatic heterocycles. The van der Waals surface area contributed by atoms with E-state index in [4.69, 9.17) is 0 Å². The summed E-state index contributed by atoms with van der Waals surface area (Å²) in [7, 11) is 0. The predicted octanol–water partition coefficient (Wildman–Crippen LogP) is 3.25. The predicted molar refractivity (Wildman–Crippen MR) is 98.2 cm³/mol. The summed E-state index contributed by atoms with van der Waals surface area (Å²) in [6.07, 6.45) is 9.81. The number of aromatic nitrogens is 4. The maximum Gasteiger partial charge on any atom is 0.276 e. The summed E-state index contributed by atoms with van der Waals surface area (Å²) in [6.45, 7) is 0.618. The molecule has 1 saturated carbocycles. The Bertz CT molecular complexity index is 925. The van der Waals surface area contributed by atoms with Crippen molar-refractivity contribution in [2.75, 3.05) is 11.4 Å². The lowest BCUT2D eigenvalue weighted by molar-refractivity contribution is 0.0962. The Kier molecular flexibility index (Phi) is 3.62. The number of para-hydroxylation sites is 1. The van der Waals surface area contributed by atoms with Gasteiger partial charge in [0.1, 0.15) is 5.69 Å². The van der Waals surface area contributed by atoms with Crippen LogP contribution in [-0.2, 0) is 6.42 Å². The van der Waals surface area contributed by atoms with Gasteiger partial charge in [-0.15, -0.1) is 0 Å². The molecule has 6 nitrogen and oxygen atoms in total. The van der Waals surface area contributed by atoms with Crippen LogP contribution in [0.5, 0.6) is 0 Å². The number of amides is 1. The maximum absolute atomic E-state index is 13.4. The van der Waals surface area contributed by atoms with Crippen molar-refractivity contribution in [3.05, 3.63) is 66.2 Å². The fraction of sp³-hybridized carbons (Fsp3) is 0.350. The van der Waals surface area contributed by atoms with Crippen LogP contribution < -0.4 is 4.90 Å². The summed E-state index contributed by atoms with van der Waals surface area (Å²) in [5.41, 5.74) is 2.87. The van der Waals surface area contributed by atoms with E-state index in [9.17, 15) is 4.79 Å². The topological polar surface area (TPSA) is 56.0 Å². The number of rotatable bonds is 3. The minimum absolute atomic E-state index is 0.0266. The van der Waals surface area contributed by atoms with Gasteiger partial charge < -0.3 is 4.90 Å². The fourth-order valence-corrected chi connectivity index (χ4v) is 3.98. The quantitative estimate of drug-likeness (QED) is 0.731. The van der Waals surface area contributed by atoms with Gasteiger partial charge in [0, 0.05) is 30.8 Å². The highest BCUT2D eigenvalue weighted by Crippen LogP contribution is 2.35. The van der Waals surface area contributed by atoms with E-state index in [1.165, 1.54) is 12.0 Å². The maximum atomic E-state index is 13.4.